The second-order valence-electron chi connectivity index (χ2n) is 3.72. The highest BCUT2D eigenvalue weighted by Crippen LogP contribution is 2.34. The molecule has 0 aliphatic carbocycles. The number of benzene rings is 2. The fourth-order valence-corrected chi connectivity index (χ4v) is 2.07. The number of hydrogen-bond donors (Lipinski definition) is 1. The molecule has 0 atom stereocenters. The molecular formula is C13H11BrClNO. The maximum Gasteiger partial charge on any atom is 0.150 e. The molecule has 0 spiro atoms. The molecule has 0 bridgehead atoms. The molecule has 4 heteroatoms. The Hall–Kier alpha value is -1.19. The lowest BCUT2D eigenvalue weighted by Gasteiger charge is -2.10. The van der Waals surface area contributed by atoms with Crippen LogP contribution >= 0.6 is 27.5 Å². The topological polar surface area (TPSA) is 35.2 Å². The van der Waals surface area contributed by atoms with Crippen molar-refractivity contribution in [3.8, 4) is 11.5 Å². The van der Waals surface area contributed by atoms with Gasteiger partial charge in [0, 0.05) is 4.47 Å². The van der Waals surface area contributed by atoms with Crippen LogP contribution in [0.25, 0.3) is 0 Å². The van der Waals surface area contributed by atoms with E-state index in [4.69, 9.17) is 22.1 Å². The summed E-state index contributed by atoms with van der Waals surface area (Å²) in [5.41, 5.74) is 7.51. The molecule has 2 rings (SSSR count). The predicted octanol–water partition coefficient (Wildman–Crippen LogP) is 4.79. The summed E-state index contributed by atoms with van der Waals surface area (Å²) in [7, 11) is 0. The summed E-state index contributed by atoms with van der Waals surface area (Å²) in [5, 5.41) is 0.576. The van der Waals surface area contributed by atoms with Gasteiger partial charge in [-0.15, -0.1) is 0 Å². The average molecular weight is 313 g/mol. The zero-order chi connectivity index (χ0) is 12.4. The van der Waals surface area contributed by atoms with E-state index in [-0.39, 0.29) is 0 Å². The maximum atomic E-state index is 6.09. The van der Waals surface area contributed by atoms with Gasteiger partial charge in [0.15, 0.2) is 0 Å². The largest absolute Gasteiger partial charge is 0.454 e. The maximum absolute atomic E-state index is 6.09. The molecule has 0 unspecified atom stereocenters. The van der Waals surface area contributed by atoms with Gasteiger partial charge >= 0.3 is 0 Å². The predicted molar refractivity (Wildman–Crippen MR) is 74.8 cm³/mol. The third-order valence-corrected chi connectivity index (χ3v) is 3.07. The van der Waals surface area contributed by atoms with Crippen molar-refractivity contribution in [2.45, 2.75) is 6.92 Å². The molecule has 0 aromatic heterocycles. The summed E-state index contributed by atoms with van der Waals surface area (Å²) in [4.78, 5) is 0. The molecule has 0 radical (unpaired) electrons. The van der Waals surface area contributed by atoms with E-state index in [1.165, 1.54) is 0 Å². The van der Waals surface area contributed by atoms with E-state index in [1.807, 2.05) is 31.2 Å². The first-order chi connectivity index (χ1) is 8.06. The van der Waals surface area contributed by atoms with Gasteiger partial charge in [0.1, 0.15) is 11.5 Å². The van der Waals surface area contributed by atoms with E-state index in [2.05, 4.69) is 15.9 Å². The number of rotatable bonds is 2. The molecule has 0 aliphatic rings. The van der Waals surface area contributed by atoms with Crippen LogP contribution in [0.15, 0.2) is 40.9 Å². The third-order valence-electron chi connectivity index (χ3n) is 2.28. The van der Waals surface area contributed by atoms with Crippen molar-refractivity contribution in [2.75, 3.05) is 5.73 Å². The summed E-state index contributed by atoms with van der Waals surface area (Å²) in [6.07, 6.45) is 0. The first-order valence-corrected chi connectivity index (χ1v) is 6.22. The van der Waals surface area contributed by atoms with Crippen LogP contribution in [0.5, 0.6) is 11.5 Å². The first kappa shape index (κ1) is 12.3. The van der Waals surface area contributed by atoms with Gasteiger partial charge in [-0.3, -0.25) is 0 Å². The Bertz CT molecular complexity index is 508. The van der Waals surface area contributed by atoms with Gasteiger partial charge in [-0.05, 0) is 42.8 Å². The minimum Gasteiger partial charge on any atom is -0.454 e. The van der Waals surface area contributed by atoms with Crippen LogP contribution in [-0.4, -0.2) is 0 Å². The highest BCUT2D eigenvalue weighted by Gasteiger charge is 2.06. The van der Waals surface area contributed by atoms with Crippen molar-refractivity contribution < 1.29 is 4.74 Å². The Labute approximate surface area is 113 Å². The number of hydrogen-bond acceptors (Lipinski definition) is 2. The van der Waals surface area contributed by atoms with Crippen LogP contribution < -0.4 is 10.5 Å². The molecule has 2 aromatic rings. The fourth-order valence-electron chi connectivity index (χ4n) is 1.42. The summed E-state index contributed by atoms with van der Waals surface area (Å²) in [6.45, 7) is 1.98. The van der Waals surface area contributed by atoms with E-state index in [1.54, 1.807) is 12.1 Å². The molecule has 0 saturated carbocycles. The number of nitrogens with two attached hydrogens (primary N) is 1. The molecule has 0 saturated heterocycles. The molecule has 2 aromatic carbocycles. The fraction of sp³-hybridized carbons (Fsp3) is 0.0769. The monoisotopic (exact) mass is 311 g/mol. The van der Waals surface area contributed by atoms with Crippen molar-refractivity contribution in [2.24, 2.45) is 0 Å². The number of ether oxygens (including phenoxy) is 1. The van der Waals surface area contributed by atoms with Crippen LogP contribution in [-0.2, 0) is 0 Å². The number of nitrogen functional groups attached to an aromatic ring is 1. The molecule has 0 fully saturated rings. The Morgan fingerprint density at radius 1 is 1.12 bits per heavy atom. The minimum absolute atomic E-state index is 0.566. The van der Waals surface area contributed by atoms with Crippen LogP contribution in [0.3, 0.4) is 0 Å². The van der Waals surface area contributed by atoms with E-state index in [9.17, 15) is 0 Å². The SMILES string of the molecule is Cc1ccc(Oc2ccc(Br)cc2N)c(Cl)c1. The van der Waals surface area contributed by atoms with E-state index < -0.39 is 0 Å². The van der Waals surface area contributed by atoms with Crippen LogP contribution in [0.1, 0.15) is 5.56 Å². The molecular weight excluding hydrogens is 302 g/mol. The summed E-state index contributed by atoms with van der Waals surface area (Å²) in [5.74, 6) is 1.20. The van der Waals surface area contributed by atoms with E-state index in [0.29, 0.717) is 22.2 Å². The van der Waals surface area contributed by atoms with Gasteiger partial charge in [0.2, 0.25) is 0 Å². The average Bonchev–Trinajstić information content (AvgIpc) is 2.25. The zero-order valence-electron chi connectivity index (χ0n) is 9.21. The standard InChI is InChI=1S/C13H11BrClNO/c1-8-2-4-12(10(15)6-8)17-13-5-3-9(14)7-11(13)16/h2-7H,16H2,1H3. The van der Waals surface area contributed by atoms with Crippen LogP contribution in [0.2, 0.25) is 5.02 Å². The normalized spacial score (nSPS) is 10.3. The zero-order valence-corrected chi connectivity index (χ0v) is 11.5. The van der Waals surface area contributed by atoms with Gasteiger partial charge in [0.25, 0.3) is 0 Å². The first-order valence-electron chi connectivity index (χ1n) is 5.05. The van der Waals surface area contributed by atoms with Gasteiger partial charge in [0.05, 0.1) is 10.7 Å². The van der Waals surface area contributed by atoms with Crippen molar-refractivity contribution in [1.82, 2.24) is 0 Å². The lowest BCUT2D eigenvalue weighted by molar-refractivity contribution is 0.485. The molecule has 2 nitrogen and oxygen atoms in total. The van der Waals surface area contributed by atoms with Crippen LogP contribution in [0, 0.1) is 6.92 Å². The molecule has 0 aliphatic heterocycles. The van der Waals surface area contributed by atoms with E-state index >= 15 is 0 Å². The van der Waals surface area contributed by atoms with Gasteiger partial charge in [-0.1, -0.05) is 33.6 Å². The van der Waals surface area contributed by atoms with Crippen molar-refractivity contribution >= 4 is 33.2 Å². The van der Waals surface area contributed by atoms with Crippen LogP contribution in [0.4, 0.5) is 5.69 Å². The third kappa shape index (κ3) is 2.93. The Morgan fingerprint density at radius 2 is 1.82 bits per heavy atom. The van der Waals surface area contributed by atoms with Crippen molar-refractivity contribution in [3.05, 3.63) is 51.5 Å². The number of anilines is 1. The Kier molecular flexibility index (Phi) is 3.60. The number of aryl methyl sites for hydroxylation is 1. The summed E-state index contributed by atoms with van der Waals surface area (Å²) < 4.78 is 6.59. The Balaban J connectivity index is 2.31. The van der Waals surface area contributed by atoms with Gasteiger partial charge < -0.3 is 10.5 Å². The molecule has 17 heavy (non-hydrogen) atoms. The number of halogens is 2. The van der Waals surface area contributed by atoms with Gasteiger partial charge in [-0.25, -0.2) is 0 Å². The second-order valence-corrected chi connectivity index (χ2v) is 5.04. The highest BCUT2D eigenvalue weighted by atomic mass is 79.9. The lowest BCUT2D eigenvalue weighted by Crippen LogP contribution is -1.92. The second kappa shape index (κ2) is 4.98. The Morgan fingerprint density at radius 3 is 2.47 bits per heavy atom. The smallest absolute Gasteiger partial charge is 0.150 e. The lowest BCUT2D eigenvalue weighted by atomic mass is 10.2. The quantitative estimate of drug-likeness (QED) is 0.810. The summed E-state index contributed by atoms with van der Waals surface area (Å²) in [6, 6.07) is 11.1. The molecule has 88 valence electrons. The van der Waals surface area contributed by atoms with E-state index in [0.717, 1.165) is 10.0 Å². The molecule has 0 amide bonds. The highest BCUT2D eigenvalue weighted by molar-refractivity contribution is 9.10. The minimum atomic E-state index is 0.566. The molecule has 2 N–H and O–H groups in total. The summed E-state index contributed by atoms with van der Waals surface area (Å²) >= 11 is 9.43. The van der Waals surface area contributed by atoms with Gasteiger partial charge in [-0.2, -0.15) is 0 Å². The van der Waals surface area contributed by atoms with Crippen molar-refractivity contribution in [1.29, 1.82) is 0 Å². The molecule has 0 heterocycles. The van der Waals surface area contributed by atoms with Crippen molar-refractivity contribution in [3.63, 3.8) is 0 Å².